The third kappa shape index (κ3) is 5.83. The van der Waals surface area contributed by atoms with Crippen molar-refractivity contribution in [3.63, 3.8) is 0 Å². The van der Waals surface area contributed by atoms with Gasteiger partial charge < -0.3 is 14.8 Å². The molecule has 7 nitrogen and oxygen atoms in total. The number of nitrogens with one attached hydrogen (secondary N) is 1. The van der Waals surface area contributed by atoms with Crippen LogP contribution in [0.4, 0.5) is 0 Å². The van der Waals surface area contributed by atoms with Crippen LogP contribution >= 0.6 is 0 Å². The Balaban J connectivity index is 1.35. The van der Waals surface area contributed by atoms with Crippen molar-refractivity contribution >= 4 is 5.96 Å². The van der Waals surface area contributed by atoms with Crippen LogP contribution in [-0.4, -0.2) is 74.7 Å². The van der Waals surface area contributed by atoms with E-state index in [4.69, 9.17) is 9.47 Å². The fourth-order valence-electron chi connectivity index (χ4n) is 3.66. The Morgan fingerprint density at radius 3 is 2.71 bits per heavy atom. The van der Waals surface area contributed by atoms with Gasteiger partial charge in [0.15, 0.2) is 0 Å². The van der Waals surface area contributed by atoms with Gasteiger partial charge in [-0.05, 0) is 56.5 Å². The van der Waals surface area contributed by atoms with E-state index in [-0.39, 0.29) is 6.35 Å². The van der Waals surface area contributed by atoms with Gasteiger partial charge in [0.2, 0.25) is 12.3 Å². The lowest BCUT2D eigenvalue weighted by molar-refractivity contribution is -0.0712. The van der Waals surface area contributed by atoms with Crippen molar-refractivity contribution in [2.24, 2.45) is 4.99 Å². The molecule has 0 saturated carbocycles. The molecular weight excluding hydrogens is 354 g/mol. The van der Waals surface area contributed by atoms with Crippen LogP contribution < -0.4 is 10.1 Å². The van der Waals surface area contributed by atoms with Crippen LogP contribution in [0.1, 0.15) is 37.7 Å². The minimum Gasteiger partial charge on any atom is -0.494 e. The van der Waals surface area contributed by atoms with E-state index in [1.807, 2.05) is 24.1 Å². The lowest BCUT2D eigenvalue weighted by Gasteiger charge is -2.26. The normalized spacial score (nSPS) is 22.6. The second-order valence-corrected chi connectivity index (χ2v) is 7.57. The highest BCUT2D eigenvalue weighted by molar-refractivity contribution is 5.80. The molecule has 0 amide bonds. The SMILES string of the molecule is COC1NC(=NCCCCOc2cccc(CN3CCCCC3)c2)N(C)N1C. The predicted octanol–water partition coefficient (Wildman–Crippen LogP) is 2.50. The Kier molecular flexibility index (Phi) is 7.94. The van der Waals surface area contributed by atoms with Gasteiger partial charge >= 0.3 is 0 Å². The molecule has 3 rings (SSSR count). The number of aliphatic imine (C=N–C) groups is 1. The number of hydrogen-bond donors (Lipinski definition) is 1. The maximum absolute atomic E-state index is 5.96. The molecule has 2 aliphatic heterocycles. The molecule has 1 aromatic rings. The number of hydrazine groups is 1. The number of guanidine groups is 1. The number of ether oxygens (including phenoxy) is 2. The molecular formula is C21H35N5O2. The first-order valence-corrected chi connectivity index (χ1v) is 10.4. The minimum absolute atomic E-state index is 0.149. The molecule has 0 bridgehead atoms. The molecule has 1 N–H and O–H groups in total. The van der Waals surface area contributed by atoms with Gasteiger partial charge in [-0.25, -0.2) is 0 Å². The highest BCUT2D eigenvalue weighted by Crippen LogP contribution is 2.18. The molecule has 2 saturated heterocycles. The first-order chi connectivity index (χ1) is 13.7. The summed E-state index contributed by atoms with van der Waals surface area (Å²) in [5.41, 5.74) is 1.35. The molecule has 0 aromatic heterocycles. The Bertz CT molecular complexity index is 633. The summed E-state index contributed by atoms with van der Waals surface area (Å²) < 4.78 is 11.3. The summed E-state index contributed by atoms with van der Waals surface area (Å²) in [7, 11) is 5.63. The number of nitrogens with zero attached hydrogens (tertiary/aromatic N) is 4. The second kappa shape index (κ2) is 10.6. The van der Waals surface area contributed by atoms with Crippen LogP contribution in [0.5, 0.6) is 5.75 Å². The standard InChI is InChI=1S/C21H35N5O2/c1-24-20(23-21(27-3)25(24)2)22-12-5-8-15-28-19-11-9-10-18(16-19)17-26-13-6-4-7-14-26/h9-11,16,21H,4-8,12-15,17H2,1-3H3,(H,22,23). The molecule has 1 aromatic carbocycles. The molecule has 2 aliphatic rings. The highest BCUT2D eigenvalue weighted by atomic mass is 16.5. The van der Waals surface area contributed by atoms with Crippen molar-refractivity contribution in [1.29, 1.82) is 0 Å². The van der Waals surface area contributed by atoms with Gasteiger partial charge in [0, 0.05) is 34.3 Å². The van der Waals surface area contributed by atoms with Crippen molar-refractivity contribution in [2.45, 2.75) is 45.0 Å². The van der Waals surface area contributed by atoms with Gasteiger partial charge in [-0.15, -0.1) is 0 Å². The Labute approximate surface area is 169 Å². The average Bonchev–Trinajstić information content (AvgIpc) is 2.99. The number of likely N-dealkylation sites (tertiary alicyclic amines) is 1. The molecule has 1 atom stereocenters. The first kappa shape index (κ1) is 20.9. The van der Waals surface area contributed by atoms with E-state index in [2.05, 4.69) is 39.5 Å². The van der Waals surface area contributed by atoms with E-state index in [0.29, 0.717) is 0 Å². The third-order valence-corrected chi connectivity index (χ3v) is 5.43. The molecule has 7 heteroatoms. The molecule has 0 aliphatic carbocycles. The lowest BCUT2D eigenvalue weighted by Crippen LogP contribution is -2.38. The molecule has 2 heterocycles. The summed E-state index contributed by atoms with van der Waals surface area (Å²) in [5, 5.41) is 7.18. The molecule has 156 valence electrons. The van der Waals surface area contributed by atoms with E-state index >= 15 is 0 Å². The Morgan fingerprint density at radius 1 is 1.14 bits per heavy atom. The van der Waals surface area contributed by atoms with Crippen molar-refractivity contribution in [3.05, 3.63) is 29.8 Å². The first-order valence-electron chi connectivity index (χ1n) is 10.4. The van der Waals surface area contributed by atoms with Crippen LogP contribution in [0.3, 0.4) is 0 Å². The van der Waals surface area contributed by atoms with E-state index in [9.17, 15) is 0 Å². The minimum atomic E-state index is -0.149. The van der Waals surface area contributed by atoms with Gasteiger partial charge in [0.05, 0.1) is 6.61 Å². The van der Waals surface area contributed by atoms with Gasteiger partial charge in [0.25, 0.3) is 0 Å². The van der Waals surface area contributed by atoms with Crippen LogP contribution in [0, 0.1) is 0 Å². The molecule has 2 fully saturated rings. The largest absolute Gasteiger partial charge is 0.494 e. The number of hydrogen-bond acceptors (Lipinski definition) is 5. The number of methoxy groups -OCH3 is 1. The zero-order valence-electron chi connectivity index (χ0n) is 17.6. The lowest BCUT2D eigenvalue weighted by atomic mass is 10.1. The summed E-state index contributed by atoms with van der Waals surface area (Å²) in [6.07, 6.45) is 5.86. The second-order valence-electron chi connectivity index (χ2n) is 7.57. The Morgan fingerprint density at radius 2 is 1.96 bits per heavy atom. The topological polar surface area (TPSA) is 52.6 Å². The summed E-state index contributed by atoms with van der Waals surface area (Å²) >= 11 is 0. The monoisotopic (exact) mass is 389 g/mol. The molecule has 0 spiro atoms. The molecule has 0 radical (unpaired) electrons. The Hall–Kier alpha value is -1.83. The van der Waals surface area contributed by atoms with Gasteiger partial charge in [-0.2, -0.15) is 5.01 Å². The van der Waals surface area contributed by atoms with E-state index in [1.54, 1.807) is 7.11 Å². The summed E-state index contributed by atoms with van der Waals surface area (Å²) in [6, 6.07) is 8.54. The van der Waals surface area contributed by atoms with E-state index in [1.165, 1.54) is 37.9 Å². The smallest absolute Gasteiger partial charge is 0.211 e. The number of unbranched alkanes of at least 4 members (excludes halogenated alkanes) is 1. The van der Waals surface area contributed by atoms with Crippen LogP contribution in [0.2, 0.25) is 0 Å². The highest BCUT2D eigenvalue weighted by Gasteiger charge is 2.29. The van der Waals surface area contributed by atoms with E-state index in [0.717, 1.165) is 44.2 Å². The van der Waals surface area contributed by atoms with Crippen LogP contribution in [-0.2, 0) is 11.3 Å². The van der Waals surface area contributed by atoms with Crippen molar-refractivity contribution in [3.8, 4) is 5.75 Å². The number of benzene rings is 1. The van der Waals surface area contributed by atoms with E-state index < -0.39 is 0 Å². The maximum atomic E-state index is 5.96. The summed E-state index contributed by atoms with van der Waals surface area (Å²) in [5.74, 6) is 1.82. The number of rotatable bonds is 9. The maximum Gasteiger partial charge on any atom is 0.211 e. The molecule has 28 heavy (non-hydrogen) atoms. The average molecular weight is 390 g/mol. The van der Waals surface area contributed by atoms with Gasteiger partial charge in [-0.3, -0.25) is 14.9 Å². The van der Waals surface area contributed by atoms with Crippen molar-refractivity contribution in [2.75, 3.05) is 47.4 Å². The number of piperidine rings is 1. The predicted molar refractivity (Wildman–Crippen MR) is 112 cm³/mol. The zero-order chi connectivity index (χ0) is 19.8. The fraction of sp³-hybridized carbons (Fsp3) is 0.667. The molecule has 1 unspecified atom stereocenters. The zero-order valence-corrected chi connectivity index (χ0v) is 17.6. The van der Waals surface area contributed by atoms with Crippen LogP contribution in [0.25, 0.3) is 0 Å². The van der Waals surface area contributed by atoms with Gasteiger partial charge in [0.1, 0.15) is 5.75 Å². The summed E-state index contributed by atoms with van der Waals surface area (Å²) in [4.78, 5) is 7.17. The third-order valence-electron chi connectivity index (χ3n) is 5.43. The fourth-order valence-corrected chi connectivity index (χ4v) is 3.66. The van der Waals surface area contributed by atoms with Crippen molar-refractivity contribution < 1.29 is 9.47 Å². The summed E-state index contributed by atoms with van der Waals surface area (Å²) in [6.45, 7) is 4.97. The van der Waals surface area contributed by atoms with Crippen molar-refractivity contribution in [1.82, 2.24) is 20.2 Å². The quantitative estimate of drug-likeness (QED) is 0.655. The van der Waals surface area contributed by atoms with Gasteiger partial charge in [-0.1, -0.05) is 18.6 Å². The van der Waals surface area contributed by atoms with Crippen LogP contribution in [0.15, 0.2) is 29.3 Å².